The molecule has 2 aliphatic rings. The van der Waals surface area contributed by atoms with Crippen LogP contribution in [0.3, 0.4) is 0 Å². The summed E-state index contributed by atoms with van der Waals surface area (Å²) in [4.78, 5) is 30.4. The molecule has 0 N–H and O–H groups in total. The van der Waals surface area contributed by atoms with Gasteiger partial charge >= 0.3 is 0 Å². The summed E-state index contributed by atoms with van der Waals surface area (Å²) in [6, 6.07) is 21.6. The lowest BCUT2D eigenvalue weighted by molar-refractivity contribution is -0.139. The molecule has 32 heavy (non-hydrogen) atoms. The van der Waals surface area contributed by atoms with E-state index in [0.717, 1.165) is 11.1 Å². The Morgan fingerprint density at radius 2 is 1.72 bits per heavy atom. The number of halogens is 2. The average molecular weight is 449 g/mol. The zero-order valence-corrected chi connectivity index (χ0v) is 18.2. The lowest BCUT2D eigenvalue weighted by Gasteiger charge is -2.47. The molecule has 2 amide bonds. The van der Waals surface area contributed by atoms with Crippen molar-refractivity contribution >= 4 is 23.4 Å². The van der Waals surface area contributed by atoms with Gasteiger partial charge in [0.25, 0.3) is 5.91 Å². The molecule has 162 valence electrons. The molecule has 1 saturated heterocycles. The van der Waals surface area contributed by atoms with Crippen LogP contribution in [0.25, 0.3) is 0 Å². The summed E-state index contributed by atoms with van der Waals surface area (Å²) in [5, 5.41) is 0.561. The Morgan fingerprint density at radius 3 is 2.47 bits per heavy atom. The minimum absolute atomic E-state index is 0.0566. The van der Waals surface area contributed by atoms with Gasteiger partial charge in [-0.2, -0.15) is 0 Å². The highest BCUT2D eigenvalue weighted by molar-refractivity contribution is 6.30. The number of nitrogens with zero attached hydrogens (tertiary/aromatic N) is 2. The van der Waals surface area contributed by atoms with E-state index in [-0.39, 0.29) is 18.2 Å². The second-order valence-corrected chi connectivity index (χ2v) is 8.69. The summed E-state index contributed by atoms with van der Waals surface area (Å²) in [5.74, 6) is -0.731. The maximum Gasteiger partial charge on any atom is 0.256 e. The van der Waals surface area contributed by atoms with Crippen molar-refractivity contribution in [2.24, 2.45) is 0 Å². The van der Waals surface area contributed by atoms with E-state index < -0.39 is 11.5 Å². The highest BCUT2D eigenvalue weighted by Gasteiger charge is 2.55. The van der Waals surface area contributed by atoms with Crippen LogP contribution in [-0.2, 0) is 23.3 Å². The van der Waals surface area contributed by atoms with Crippen molar-refractivity contribution in [1.29, 1.82) is 0 Å². The van der Waals surface area contributed by atoms with Gasteiger partial charge < -0.3 is 9.80 Å². The molecule has 5 rings (SSSR count). The molecule has 0 aromatic heterocycles. The fourth-order valence-electron chi connectivity index (χ4n) is 5.00. The summed E-state index contributed by atoms with van der Waals surface area (Å²) in [5.41, 5.74) is 1.49. The Hall–Kier alpha value is -3.18. The molecule has 2 aliphatic heterocycles. The van der Waals surface area contributed by atoms with Crippen molar-refractivity contribution in [2.75, 3.05) is 13.1 Å². The van der Waals surface area contributed by atoms with Crippen LogP contribution in [0.1, 0.15) is 33.5 Å². The molecule has 0 radical (unpaired) electrons. The standard InChI is InChI=1S/C26H22ClFN2O2/c27-20-12-10-19(11-13-20)26-17-22-21(7-4-8-23(22)28)25(32)30(26)16-15-29(26)24(31)14-9-18-5-2-1-3-6-18/h1-8,10-13H,9,14-17H2. The first-order valence-corrected chi connectivity index (χ1v) is 11.1. The van der Waals surface area contributed by atoms with Crippen LogP contribution in [-0.4, -0.2) is 34.7 Å². The summed E-state index contributed by atoms with van der Waals surface area (Å²) in [6.07, 6.45) is 1.12. The zero-order chi connectivity index (χ0) is 22.3. The quantitative estimate of drug-likeness (QED) is 0.575. The van der Waals surface area contributed by atoms with E-state index in [2.05, 4.69) is 0 Å². The molecule has 0 saturated carbocycles. The Labute approximate surface area is 191 Å². The summed E-state index contributed by atoms with van der Waals surface area (Å²) >= 11 is 6.12. The van der Waals surface area contributed by atoms with Crippen LogP contribution >= 0.6 is 11.6 Å². The van der Waals surface area contributed by atoms with E-state index >= 15 is 0 Å². The van der Waals surface area contributed by atoms with E-state index in [1.54, 1.807) is 34.1 Å². The predicted octanol–water partition coefficient (Wildman–Crippen LogP) is 4.81. The van der Waals surface area contributed by atoms with Crippen LogP contribution in [0.4, 0.5) is 4.39 Å². The monoisotopic (exact) mass is 448 g/mol. The number of carbonyl (C=O) groups is 2. The van der Waals surface area contributed by atoms with Gasteiger partial charge in [0.15, 0.2) is 0 Å². The molecule has 3 aromatic carbocycles. The zero-order valence-electron chi connectivity index (χ0n) is 17.4. The average Bonchev–Trinajstić information content (AvgIpc) is 3.20. The molecule has 1 atom stereocenters. The molecular weight excluding hydrogens is 427 g/mol. The third-order valence-corrected chi connectivity index (χ3v) is 6.79. The fraction of sp³-hybridized carbons (Fsp3) is 0.231. The summed E-state index contributed by atoms with van der Waals surface area (Å²) < 4.78 is 14.9. The first-order valence-electron chi connectivity index (χ1n) is 10.7. The number of amides is 2. The molecule has 2 heterocycles. The first kappa shape index (κ1) is 20.7. The number of hydrogen-bond acceptors (Lipinski definition) is 2. The molecule has 1 unspecified atom stereocenters. The van der Waals surface area contributed by atoms with Crippen LogP contribution < -0.4 is 0 Å². The third-order valence-electron chi connectivity index (χ3n) is 6.54. The second kappa shape index (κ2) is 8.06. The predicted molar refractivity (Wildman–Crippen MR) is 121 cm³/mol. The van der Waals surface area contributed by atoms with Gasteiger partial charge in [-0.1, -0.05) is 60.1 Å². The molecule has 0 aliphatic carbocycles. The van der Waals surface area contributed by atoms with Gasteiger partial charge in [-0.15, -0.1) is 0 Å². The maximum atomic E-state index is 14.9. The van der Waals surface area contributed by atoms with Gasteiger partial charge in [0.1, 0.15) is 11.5 Å². The number of carbonyl (C=O) groups excluding carboxylic acids is 2. The molecule has 1 fully saturated rings. The summed E-state index contributed by atoms with van der Waals surface area (Å²) in [7, 11) is 0. The topological polar surface area (TPSA) is 40.6 Å². The number of benzene rings is 3. The number of hydrogen-bond donors (Lipinski definition) is 0. The molecule has 3 aromatic rings. The largest absolute Gasteiger partial charge is 0.313 e. The van der Waals surface area contributed by atoms with Gasteiger partial charge in [-0.05, 0) is 41.8 Å². The van der Waals surface area contributed by atoms with E-state index in [1.165, 1.54) is 6.07 Å². The second-order valence-electron chi connectivity index (χ2n) is 8.25. The van der Waals surface area contributed by atoms with Crippen molar-refractivity contribution in [1.82, 2.24) is 9.80 Å². The smallest absolute Gasteiger partial charge is 0.256 e. The van der Waals surface area contributed by atoms with Crippen molar-refractivity contribution in [3.05, 3.63) is 106 Å². The Bertz CT molecular complexity index is 1180. The van der Waals surface area contributed by atoms with Gasteiger partial charge in [0, 0.05) is 42.1 Å². The van der Waals surface area contributed by atoms with E-state index in [1.807, 2.05) is 42.5 Å². The van der Waals surface area contributed by atoms with Crippen molar-refractivity contribution in [3.8, 4) is 0 Å². The molecular formula is C26H22ClFN2O2. The maximum absolute atomic E-state index is 14.9. The van der Waals surface area contributed by atoms with Crippen molar-refractivity contribution < 1.29 is 14.0 Å². The molecule has 0 spiro atoms. The number of aryl methyl sites for hydroxylation is 1. The van der Waals surface area contributed by atoms with Crippen molar-refractivity contribution in [3.63, 3.8) is 0 Å². The minimum atomic E-state index is -1.06. The van der Waals surface area contributed by atoms with Crippen LogP contribution in [0, 0.1) is 5.82 Å². The van der Waals surface area contributed by atoms with Gasteiger partial charge in [0.05, 0.1) is 0 Å². The third kappa shape index (κ3) is 3.28. The Kier molecular flexibility index (Phi) is 5.22. The Balaban J connectivity index is 1.57. The van der Waals surface area contributed by atoms with E-state index in [0.29, 0.717) is 42.1 Å². The molecule has 6 heteroatoms. The van der Waals surface area contributed by atoms with Crippen LogP contribution in [0.15, 0.2) is 72.8 Å². The SMILES string of the molecule is O=C(CCc1ccccc1)N1CCN2C(=O)c3cccc(F)c3CC12c1ccc(Cl)cc1. The number of fused-ring (bicyclic) bond motifs is 2. The van der Waals surface area contributed by atoms with Gasteiger partial charge in [0.2, 0.25) is 5.91 Å². The minimum Gasteiger partial charge on any atom is -0.313 e. The van der Waals surface area contributed by atoms with E-state index in [4.69, 9.17) is 11.6 Å². The highest BCUT2D eigenvalue weighted by Crippen LogP contribution is 2.45. The highest BCUT2D eigenvalue weighted by atomic mass is 35.5. The Morgan fingerprint density at radius 1 is 0.969 bits per heavy atom. The van der Waals surface area contributed by atoms with Gasteiger partial charge in [-0.25, -0.2) is 4.39 Å². The van der Waals surface area contributed by atoms with E-state index in [9.17, 15) is 14.0 Å². The van der Waals surface area contributed by atoms with Crippen molar-refractivity contribution in [2.45, 2.75) is 24.9 Å². The van der Waals surface area contributed by atoms with Gasteiger partial charge in [-0.3, -0.25) is 9.59 Å². The lowest BCUT2D eigenvalue weighted by Crippen LogP contribution is -2.58. The van der Waals surface area contributed by atoms with Crippen LogP contribution in [0.5, 0.6) is 0 Å². The fourth-order valence-corrected chi connectivity index (χ4v) is 5.13. The lowest BCUT2D eigenvalue weighted by atomic mass is 9.83. The number of rotatable bonds is 4. The summed E-state index contributed by atoms with van der Waals surface area (Å²) in [6.45, 7) is 0.798. The normalized spacial score (nSPS) is 19.6. The molecule has 0 bridgehead atoms. The molecule has 4 nitrogen and oxygen atoms in total. The first-order chi connectivity index (χ1) is 15.5. The van der Waals surface area contributed by atoms with Crippen LogP contribution in [0.2, 0.25) is 5.02 Å².